The molecule has 1 aromatic carbocycles. The second-order valence-electron chi connectivity index (χ2n) is 6.64. The first-order valence-electron chi connectivity index (χ1n) is 9.12. The van der Waals surface area contributed by atoms with Crippen LogP contribution in [0.4, 0.5) is 5.69 Å². The van der Waals surface area contributed by atoms with Gasteiger partial charge in [-0.2, -0.15) is 0 Å². The molecule has 0 aliphatic carbocycles. The molecule has 0 atom stereocenters. The molecule has 0 spiro atoms. The van der Waals surface area contributed by atoms with Gasteiger partial charge in [-0.15, -0.1) is 0 Å². The fraction of sp³-hybridized carbons (Fsp3) is 0.400. The van der Waals surface area contributed by atoms with Gasteiger partial charge in [0.2, 0.25) is 0 Å². The Hall–Kier alpha value is -3.00. The van der Waals surface area contributed by atoms with Gasteiger partial charge in [0.05, 0.1) is 26.2 Å². The van der Waals surface area contributed by atoms with Crippen LogP contribution in [0.1, 0.15) is 27.3 Å². The van der Waals surface area contributed by atoms with E-state index in [2.05, 4.69) is 10.2 Å². The molecular weight excluding hydrogens is 362 g/mol. The summed E-state index contributed by atoms with van der Waals surface area (Å²) < 4.78 is 15.9. The molecule has 8 heteroatoms. The molecule has 28 heavy (non-hydrogen) atoms. The fourth-order valence-electron chi connectivity index (χ4n) is 3.20. The summed E-state index contributed by atoms with van der Waals surface area (Å²) in [6, 6.07) is 6.43. The van der Waals surface area contributed by atoms with E-state index >= 15 is 0 Å². The molecule has 1 saturated heterocycles. The topological polar surface area (TPSA) is 84.3 Å². The van der Waals surface area contributed by atoms with E-state index < -0.39 is 5.91 Å². The Bertz CT molecular complexity index is 835. The lowest BCUT2D eigenvalue weighted by Crippen LogP contribution is -2.34. The number of carbonyl (C=O) groups is 2. The van der Waals surface area contributed by atoms with Gasteiger partial charge in [0.15, 0.2) is 17.3 Å². The third-order valence-electron chi connectivity index (χ3n) is 4.73. The van der Waals surface area contributed by atoms with Crippen molar-refractivity contribution in [3.8, 4) is 11.5 Å². The van der Waals surface area contributed by atoms with E-state index in [4.69, 9.17) is 13.9 Å². The summed E-state index contributed by atoms with van der Waals surface area (Å²) in [4.78, 5) is 29.5. The Morgan fingerprint density at radius 2 is 1.93 bits per heavy atom. The molecule has 0 radical (unpaired) electrons. The number of benzene rings is 1. The molecule has 8 nitrogen and oxygen atoms in total. The van der Waals surface area contributed by atoms with E-state index in [0.717, 1.165) is 19.5 Å². The van der Waals surface area contributed by atoms with Crippen molar-refractivity contribution in [2.45, 2.75) is 6.42 Å². The predicted octanol–water partition coefficient (Wildman–Crippen LogP) is 2.33. The Balaban J connectivity index is 1.91. The van der Waals surface area contributed by atoms with Crippen LogP contribution in [0.3, 0.4) is 0 Å². The highest BCUT2D eigenvalue weighted by atomic mass is 16.5. The minimum Gasteiger partial charge on any atom is -0.493 e. The zero-order valence-electron chi connectivity index (χ0n) is 16.4. The molecule has 1 aliphatic rings. The summed E-state index contributed by atoms with van der Waals surface area (Å²) in [6.07, 6.45) is 2.33. The van der Waals surface area contributed by atoms with Gasteiger partial charge in [0, 0.05) is 25.2 Å². The second kappa shape index (κ2) is 8.79. The quantitative estimate of drug-likeness (QED) is 0.848. The molecule has 2 heterocycles. The van der Waals surface area contributed by atoms with Crippen LogP contribution in [-0.2, 0) is 0 Å². The highest BCUT2D eigenvalue weighted by molar-refractivity contribution is 6.05. The molecule has 1 aliphatic heterocycles. The molecule has 150 valence electrons. The van der Waals surface area contributed by atoms with Crippen molar-refractivity contribution in [1.29, 1.82) is 0 Å². The summed E-state index contributed by atoms with van der Waals surface area (Å²) in [7, 11) is 5.02. The van der Waals surface area contributed by atoms with Gasteiger partial charge in [0.1, 0.15) is 0 Å². The smallest absolute Gasteiger partial charge is 0.291 e. The SMILES string of the molecule is COc1cc(C(=O)N2CCCN(C)CC2)cc(NC(=O)c2ccco2)c1OC. The predicted molar refractivity (Wildman–Crippen MR) is 104 cm³/mol. The minimum absolute atomic E-state index is 0.107. The van der Waals surface area contributed by atoms with Crippen molar-refractivity contribution in [1.82, 2.24) is 9.80 Å². The zero-order valence-corrected chi connectivity index (χ0v) is 16.4. The van der Waals surface area contributed by atoms with E-state index in [0.29, 0.717) is 35.8 Å². The van der Waals surface area contributed by atoms with E-state index in [1.807, 2.05) is 11.9 Å². The fourth-order valence-corrected chi connectivity index (χ4v) is 3.20. The number of likely N-dealkylation sites (N-methyl/N-ethyl adjacent to an activating group) is 1. The average Bonchev–Trinajstić information content (AvgIpc) is 3.16. The van der Waals surface area contributed by atoms with Crippen molar-refractivity contribution in [2.75, 3.05) is 52.8 Å². The van der Waals surface area contributed by atoms with Crippen LogP contribution in [0.15, 0.2) is 34.9 Å². The van der Waals surface area contributed by atoms with Crippen molar-refractivity contribution in [3.63, 3.8) is 0 Å². The van der Waals surface area contributed by atoms with Crippen molar-refractivity contribution in [2.24, 2.45) is 0 Å². The first-order chi connectivity index (χ1) is 13.5. The molecule has 3 rings (SSSR count). The molecule has 0 saturated carbocycles. The summed E-state index contributed by atoms with van der Waals surface area (Å²) in [5.41, 5.74) is 0.774. The maximum atomic E-state index is 13.1. The normalized spacial score (nSPS) is 15.0. The van der Waals surface area contributed by atoms with Crippen molar-refractivity contribution >= 4 is 17.5 Å². The number of carbonyl (C=O) groups excluding carboxylic acids is 2. The molecule has 1 aromatic heterocycles. The molecule has 0 bridgehead atoms. The number of nitrogens with zero attached hydrogens (tertiary/aromatic N) is 2. The Kier molecular flexibility index (Phi) is 6.20. The van der Waals surface area contributed by atoms with Crippen LogP contribution < -0.4 is 14.8 Å². The van der Waals surface area contributed by atoms with Gasteiger partial charge < -0.3 is 29.0 Å². The number of ether oxygens (including phenoxy) is 2. The third kappa shape index (κ3) is 4.28. The summed E-state index contributed by atoms with van der Waals surface area (Å²) >= 11 is 0. The van der Waals surface area contributed by atoms with Gasteiger partial charge in [-0.1, -0.05) is 0 Å². The van der Waals surface area contributed by atoms with E-state index in [-0.39, 0.29) is 11.7 Å². The maximum Gasteiger partial charge on any atom is 0.291 e. The van der Waals surface area contributed by atoms with E-state index in [1.165, 1.54) is 20.5 Å². The number of nitrogens with one attached hydrogen (secondary N) is 1. The van der Waals surface area contributed by atoms with E-state index in [1.54, 1.807) is 24.3 Å². The van der Waals surface area contributed by atoms with Gasteiger partial charge in [0.25, 0.3) is 11.8 Å². The lowest BCUT2D eigenvalue weighted by molar-refractivity contribution is 0.0762. The number of rotatable bonds is 5. The lowest BCUT2D eigenvalue weighted by Gasteiger charge is -2.22. The molecule has 2 amide bonds. The van der Waals surface area contributed by atoms with Crippen molar-refractivity contribution in [3.05, 3.63) is 41.9 Å². The van der Waals surface area contributed by atoms with Gasteiger partial charge in [-0.05, 0) is 44.3 Å². The summed E-state index contributed by atoms with van der Waals surface area (Å²) in [5.74, 6) is 0.328. The van der Waals surface area contributed by atoms with Crippen LogP contribution >= 0.6 is 0 Å². The maximum absolute atomic E-state index is 13.1. The molecule has 1 fully saturated rings. The van der Waals surface area contributed by atoms with Crippen LogP contribution in [0.2, 0.25) is 0 Å². The number of hydrogen-bond donors (Lipinski definition) is 1. The number of furan rings is 1. The summed E-state index contributed by atoms with van der Waals surface area (Å²) in [6.45, 7) is 3.12. The van der Waals surface area contributed by atoms with Gasteiger partial charge in [-0.25, -0.2) is 0 Å². The second-order valence-corrected chi connectivity index (χ2v) is 6.64. The van der Waals surface area contributed by atoms with Gasteiger partial charge in [-0.3, -0.25) is 9.59 Å². The van der Waals surface area contributed by atoms with Crippen molar-refractivity contribution < 1.29 is 23.5 Å². The standard InChI is InChI=1S/C20H25N3O5/c1-22-7-5-8-23(10-9-22)20(25)14-12-15(18(27-3)17(13-14)26-2)21-19(24)16-6-4-11-28-16/h4,6,11-13H,5,7-10H2,1-3H3,(H,21,24). The van der Waals surface area contributed by atoms with Crippen LogP contribution in [0, 0.1) is 0 Å². The van der Waals surface area contributed by atoms with Crippen LogP contribution in [-0.4, -0.2) is 69.1 Å². The molecule has 1 N–H and O–H groups in total. The number of hydrogen-bond acceptors (Lipinski definition) is 6. The van der Waals surface area contributed by atoms with Gasteiger partial charge >= 0.3 is 0 Å². The highest BCUT2D eigenvalue weighted by Gasteiger charge is 2.23. The Morgan fingerprint density at radius 1 is 1.11 bits per heavy atom. The number of anilines is 1. The van der Waals surface area contributed by atoms with Crippen LogP contribution in [0.5, 0.6) is 11.5 Å². The highest BCUT2D eigenvalue weighted by Crippen LogP contribution is 2.37. The summed E-state index contributed by atoms with van der Waals surface area (Å²) in [5, 5.41) is 2.74. The molecular formula is C20H25N3O5. The Morgan fingerprint density at radius 3 is 2.61 bits per heavy atom. The monoisotopic (exact) mass is 387 g/mol. The largest absolute Gasteiger partial charge is 0.493 e. The van der Waals surface area contributed by atoms with Crippen LogP contribution in [0.25, 0.3) is 0 Å². The first-order valence-corrected chi connectivity index (χ1v) is 9.12. The molecule has 0 unspecified atom stereocenters. The lowest BCUT2D eigenvalue weighted by atomic mass is 10.1. The zero-order chi connectivity index (χ0) is 20.1. The third-order valence-corrected chi connectivity index (χ3v) is 4.73. The number of methoxy groups -OCH3 is 2. The minimum atomic E-state index is -0.439. The average molecular weight is 387 g/mol. The van der Waals surface area contributed by atoms with E-state index in [9.17, 15) is 9.59 Å². The number of amides is 2. The first kappa shape index (κ1) is 19.8. The Labute approximate surface area is 164 Å². The molecule has 2 aromatic rings.